The summed E-state index contributed by atoms with van der Waals surface area (Å²) < 4.78 is -1.02. The van der Waals surface area contributed by atoms with Crippen molar-refractivity contribution in [3.05, 3.63) is 0 Å². The molecule has 58 valence electrons. The van der Waals surface area contributed by atoms with Crippen LogP contribution in [0.4, 0.5) is 0 Å². The molecule has 0 atom stereocenters. The highest BCUT2D eigenvalue weighted by atomic mass is 35.5. The Balaban J connectivity index is 2.64. The second kappa shape index (κ2) is 2.59. The van der Waals surface area contributed by atoms with Gasteiger partial charge in [0.25, 0.3) is 0 Å². The predicted molar refractivity (Wildman–Crippen MR) is 41.1 cm³/mol. The van der Waals surface area contributed by atoms with E-state index in [9.17, 15) is 4.79 Å². The van der Waals surface area contributed by atoms with Gasteiger partial charge in [0.15, 0.2) is 4.46 Å². The summed E-state index contributed by atoms with van der Waals surface area (Å²) in [6, 6.07) is 0. The van der Waals surface area contributed by atoms with Crippen LogP contribution < -0.4 is 0 Å². The first-order valence-electron chi connectivity index (χ1n) is 3.20. The van der Waals surface area contributed by atoms with Crippen LogP contribution in [0.3, 0.4) is 0 Å². The minimum atomic E-state index is -1.02. The SMILES string of the molecule is CC(Cl)(Cl)N1CCCC1=O. The molecule has 0 aromatic rings. The molecule has 0 aromatic heterocycles. The second-order valence-electron chi connectivity index (χ2n) is 2.49. The van der Waals surface area contributed by atoms with Crippen molar-refractivity contribution in [1.82, 2.24) is 4.90 Å². The van der Waals surface area contributed by atoms with E-state index >= 15 is 0 Å². The molecule has 0 bridgehead atoms. The molecule has 0 radical (unpaired) electrons. The normalized spacial score (nSPS) is 20.3. The number of hydrogen-bond acceptors (Lipinski definition) is 1. The summed E-state index contributed by atoms with van der Waals surface area (Å²) in [6.45, 7) is 2.29. The van der Waals surface area contributed by atoms with Crippen LogP contribution in [0.2, 0.25) is 0 Å². The Kier molecular flexibility index (Phi) is 2.11. The number of carbonyl (C=O) groups excluding carboxylic acids is 1. The van der Waals surface area contributed by atoms with Gasteiger partial charge in [0.1, 0.15) is 0 Å². The second-order valence-corrected chi connectivity index (χ2v) is 4.16. The van der Waals surface area contributed by atoms with Crippen LogP contribution in [0.15, 0.2) is 0 Å². The van der Waals surface area contributed by atoms with Crippen molar-refractivity contribution in [1.29, 1.82) is 0 Å². The van der Waals surface area contributed by atoms with Crippen LogP contribution in [0.1, 0.15) is 19.8 Å². The first-order valence-corrected chi connectivity index (χ1v) is 3.96. The molecule has 0 aromatic carbocycles. The zero-order valence-corrected chi connectivity index (χ0v) is 7.24. The van der Waals surface area contributed by atoms with E-state index in [1.54, 1.807) is 6.92 Å². The Hall–Kier alpha value is 0.0500. The van der Waals surface area contributed by atoms with Gasteiger partial charge in [-0.05, 0) is 13.3 Å². The maximum Gasteiger partial charge on any atom is 0.224 e. The number of amides is 1. The highest BCUT2D eigenvalue weighted by molar-refractivity contribution is 6.48. The maximum absolute atomic E-state index is 11.0. The molecule has 1 heterocycles. The van der Waals surface area contributed by atoms with Gasteiger partial charge in [-0.15, -0.1) is 0 Å². The van der Waals surface area contributed by atoms with Crippen molar-refractivity contribution in [3.63, 3.8) is 0 Å². The van der Waals surface area contributed by atoms with E-state index in [0.717, 1.165) is 6.42 Å². The Morgan fingerprint density at radius 1 is 1.60 bits per heavy atom. The third kappa shape index (κ3) is 1.55. The molecule has 0 spiro atoms. The fourth-order valence-corrected chi connectivity index (χ4v) is 1.42. The third-order valence-corrected chi connectivity index (χ3v) is 1.96. The summed E-state index contributed by atoms with van der Waals surface area (Å²) >= 11 is 11.4. The van der Waals surface area contributed by atoms with Gasteiger partial charge in [0, 0.05) is 13.0 Å². The van der Waals surface area contributed by atoms with E-state index in [2.05, 4.69) is 0 Å². The summed E-state index contributed by atoms with van der Waals surface area (Å²) in [7, 11) is 0. The molecular formula is C6H9Cl2NO. The monoisotopic (exact) mass is 181 g/mol. The van der Waals surface area contributed by atoms with Crippen LogP contribution in [-0.2, 0) is 4.79 Å². The number of alkyl halides is 2. The number of nitrogens with zero attached hydrogens (tertiary/aromatic N) is 1. The number of likely N-dealkylation sites (tertiary alicyclic amines) is 1. The van der Waals surface area contributed by atoms with Crippen LogP contribution in [-0.4, -0.2) is 21.8 Å². The van der Waals surface area contributed by atoms with Crippen molar-refractivity contribution in [2.24, 2.45) is 0 Å². The fraction of sp³-hybridized carbons (Fsp3) is 0.833. The molecule has 10 heavy (non-hydrogen) atoms. The van der Waals surface area contributed by atoms with Crippen molar-refractivity contribution >= 4 is 29.1 Å². The van der Waals surface area contributed by atoms with Crippen molar-refractivity contribution in [2.75, 3.05) is 6.54 Å². The molecule has 1 saturated heterocycles. The molecule has 1 amide bonds. The van der Waals surface area contributed by atoms with Crippen LogP contribution in [0.25, 0.3) is 0 Å². The van der Waals surface area contributed by atoms with E-state index in [1.165, 1.54) is 4.90 Å². The standard InChI is InChI=1S/C6H9Cl2NO/c1-6(7,8)9-4-2-3-5(9)10/h2-4H2,1H3. The summed E-state index contributed by atoms with van der Waals surface area (Å²) in [5, 5.41) is 0. The molecule has 0 unspecified atom stereocenters. The smallest absolute Gasteiger partial charge is 0.224 e. The van der Waals surface area contributed by atoms with Gasteiger partial charge in [-0.2, -0.15) is 0 Å². The average molecular weight is 182 g/mol. The molecular weight excluding hydrogens is 173 g/mol. The van der Waals surface area contributed by atoms with Gasteiger partial charge in [0.2, 0.25) is 5.91 Å². The Morgan fingerprint density at radius 2 is 2.20 bits per heavy atom. The Bertz CT molecular complexity index is 152. The third-order valence-electron chi connectivity index (χ3n) is 1.55. The summed E-state index contributed by atoms with van der Waals surface area (Å²) in [4.78, 5) is 12.5. The van der Waals surface area contributed by atoms with Gasteiger partial charge in [-0.25, -0.2) is 0 Å². The lowest BCUT2D eigenvalue weighted by atomic mass is 10.4. The minimum absolute atomic E-state index is 0.0486. The predicted octanol–water partition coefficient (Wildman–Crippen LogP) is 1.76. The first kappa shape index (κ1) is 8.15. The van der Waals surface area contributed by atoms with Gasteiger partial charge in [-0.3, -0.25) is 4.79 Å². The largest absolute Gasteiger partial charge is 0.311 e. The summed E-state index contributed by atoms with van der Waals surface area (Å²) in [5.41, 5.74) is 0. The molecule has 1 aliphatic rings. The van der Waals surface area contributed by atoms with Gasteiger partial charge in [-0.1, -0.05) is 23.2 Å². The van der Waals surface area contributed by atoms with E-state index in [1.807, 2.05) is 0 Å². The lowest BCUT2D eigenvalue weighted by Gasteiger charge is -2.26. The van der Waals surface area contributed by atoms with E-state index < -0.39 is 4.46 Å². The van der Waals surface area contributed by atoms with Crippen LogP contribution in [0.5, 0.6) is 0 Å². The Morgan fingerprint density at radius 3 is 2.40 bits per heavy atom. The topological polar surface area (TPSA) is 20.3 Å². The molecule has 0 N–H and O–H groups in total. The lowest BCUT2D eigenvalue weighted by Crippen LogP contribution is -2.37. The average Bonchev–Trinajstić information content (AvgIpc) is 2.11. The van der Waals surface area contributed by atoms with E-state index in [-0.39, 0.29) is 5.91 Å². The van der Waals surface area contributed by atoms with Gasteiger partial charge < -0.3 is 4.90 Å². The quantitative estimate of drug-likeness (QED) is 0.447. The minimum Gasteiger partial charge on any atom is -0.311 e. The zero-order chi connectivity index (χ0) is 7.78. The van der Waals surface area contributed by atoms with E-state index in [4.69, 9.17) is 23.2 Å². The Labute approximate surface area is 70.1 Å². The van der Waals surface area contributed by atoms with Crippen LogP contribution in [0, 0.1) is 0 Å². The summed E-state index contributed by atoms with van der Waals surface area (Å²) in [5.74, 6) is 0.0486. The number of carbonyl (C=O) groups is 1. The molecule has 0 aliphatic carbocycles. The molecule has 1 rings (SSSR count). The molecule has 2 nitrogen and oxygen atoms in total. The number of hydrogen-bond donors (Lipinski definition) is 0. The highest BCUT2D eigenvalue weighted by Crippen LogP contribution is 2.29. The molecule has 4 heteroatoms. The number of halogens is 2. The van der Waals surface area contributed by atoms with Gasteiger partial charge in [0.05, 0.1) is 0 Å². The molecule has 1 fully saturated rings. The van der Waals surface area contributed by atoms with Gasteiger partial charge >= 0.3 is 0 Å². The van der Waals surface area contributed by atoms with Crippen molar-refractivity contribution < 1.29 is 4.79 Å². The maximum atomic E-state index is 11.0. The van der Waals surface area contributed by atoms with E-state index in [0.29, 0.717) is 13.0 Å². The van der Waals surface area contributed by atoms with Crippen molar-refractivity contribution in [3.8, 4) is 0 Å². The lowest BCUT2D eigenvalue weighted by molar-refractivity contribution is -0.128. The highest BCUT2D eigenvalue weighted by Gasteiger charge is 2.33. The molecule has 0 saturated carbocycles. The zero-order valence-electron chi connectivity index (χ0n) is 5.73. The summed E-state index contributed by atoms with van der Waals surface area (Å²) in [6.07, 6.45) is 1.45. The van der Waals surface area contributed by atoms with Crippen LogP contribution >= 0.6 is 23.2 Å². The first-order chi connectivity index (χ1) is 4.52. The molecule has 1 aliphatic heterocycles. The fourth-order valence-electron chi connectivity index (χ4n) is 1.06. The van der Waals surface area contributed by atoms with Crippen molar-refractivity contribution in [2.45, 2.75) is 24.2 Å². The number of rotatable bonds is 1.